The second-order valence-corrected chi connectivity index (χ2v) is 24.0. The second kappa shape index (κ2) is 57.9. The van der Waals surface area contributed by atoms with E-state index in [2.05, 4.69) is 31.3 Å². The maximum atomic E-state index is 13.1. The third kappa shape index (κ3) is 46.9. The molecule has 9 heteroatoms. The largest absolute Gasteiger partial charge is 0.394 e. The topological polar surface area (TPSA) is 149 Å². The first-order chi connectivity index (χ1) is 37.8. The van der Waals surface area contributed by atoms with Crippen molar-refractivity contribution in [3.8, 4) is 0 Å². The van der Waals surface area contributed by atoms with E-state index in [1.54, 1.807) is 6.08 Å². The number of hydrogen-bond donors (Lipinski definition) is 6. The highest BCUT2D eigenvalue weighted by Crippen LogP contribution is 2.23. The van der Waals surface area contributed by atoms with E-state index < -0.39 is 49.5 Å². The summed E-state index contributed by atoms with van der Waals surface area (Å²) in [5, 5.41) is 54.6. The van der Waals surface area contributed by atoms with Gasteiger partial charge in [0.15, 0.2) is 6.29 Å². The maximum Gasteiger partial charge on any atom is 0.220 e. The number of carbonyl (C=O) groups is 1. The molecule has 7 atom stereocenters. The lowest BCUT2D eigenvalue weighted by Gasteiger charge is -2.40. The minimum atomic E-state index is -1.57. The molecule has 0 aromatic rings. The summed E-state index contributed by atoms with van der Waals surface area (Å²) >= 11 is 0. The zero-order chi connectivity index (χ0) is 55.8. The van der Waals surface area contributed by atoms with E-state index in [-0.39, 0.29) is 12.5 Å². The first kappa shape index (κ1) is 73.7. The van der Waals surface area contributed by atoms with E-state index in [9.17, 15) is 30.3 Å². The van der Waals surface area contributed by atoms with Crippen LogP contribution in [0.4, 0.5) is 0 Å². The Kier molecular flexibility index (Phi) is 55.4. The number of aliphatic hydroxyl groups is 5. The number of hydrogen-bond acceptors (Lipinski definition) is 8. The third-order valence-electron chi connectivity index (χ3n) is 16.5. The number of nitrogens with one attached hydrogen (secondary N) is 1. The van der Waals surface area contributed by atoms with Gasteiger partial charge in [0.25, 0.3) is 0 Å². The molecule has 1 aliphatic heterocycles. The van der Waals surface area contributed by atoms with Crippen molar-refractivity contribution in [3.63, 3.8) is 0 Å². The smallest absolute Gasteiger partial charge is 0.220 e. The van der Waals surface area contributed by atoms with Crippen molar-refractivity contribution in [2.24, 2.45) is 0 Å². The lowest BCUT2D eigenvalue weighted by atomic mass is 9.99. The minimum Gasteiger partial charge on any atom is -0.394 e. The zero-order valence-corrected chi connectivity index (χ0v) is 51.0. The molecule has 1 aliphatic rings. The monoisotopic (exact) mass is 1090 g/mol. The van der Waals surface area contributed by atoms with Gasteiger partial charge in [-0.1, -0.05) is 334 Å². The van der Waals surface area contributed by atoms with Crippen molar-refractivity contribution in [3.05, 3.63) is 24.3 Å². The van der Waals surface area contributed by atoms with Crippen LogP contribution in [0.5, 0.6) is 0 Å². The highest BCUT2D eigenvalue weighted by atomic mass is 16.7. The fourth-order valence-corrected chi connectivity index (χ4v) is 11.2. The first-order valence-electron chi connectivity index (χ1n) is 34.1. The van der Waals surface area contributed by atoms with Crippen LogP contribution >= 0.6 is 0 Å². The molecule has 0 aromatic heterocycles. The van der Waals surface area contributed by atoms with Crippen molar-refractivity contribution in [2.45, 2.75) is 391 Å². The predicted molar refractivity (Wildman–Crippen MR) is 327 cm³/mol. The molecule has 456 valence electrons. The summed E-state index contributed by atoms with van der Waals surface area (Å²) in [4.78, 5) is 13.1. The molecule has 1 rings (SSSR count). The van der Waals surface area contributed by atoms with E-state index in [1.807, 2.05) is 6.08 Å². The number of aliphatic hydroxyl groups excluding tert-OH is 5. The molecule has 9 nitrogen and oxygen atoms in total. The predicted octanol–water partition coefficient (Wildman–Crippen LogP) is 18.1. The summed E-state index contributed by atoms with van der Waals surface area (Å²) in [6.45, 7) is 3.81. The highest BCUT2D eigenvalue weighted by Gasteiger charge is 2.44. The normalized spacial score (nSPS) is 18.8. The van der Waals surface area contributed by atoms with E-state index in [0.29, 0.717) is 6.42 Å². The Morgan fingerprint density at radius 1 is 0.429 bits per heavy atom. The molecule has 1 amide bonds. The number of allylic oxidation sites excluding steroid dienone is 3. The lowest BCUT2D eigenvalue weighted by Crippen LogP contribution is -2.60. The molecule has 77 heavy (non-hydrogen) atoms. The van der Waals surface area contributed by atoms with Crippen LogP contribution in [0.15, 0.2) is 24.3 Å². The van der Waals surface area contributed by atoms with Gasteiger partial charge in [0, 0.05) is 6.42 Å². The fraction of sp³-hybridized carbons (Fsp3) is 0.926. The lowest BCUT2D eigenvalue weighted by molar-refractivity contribution is -0.302. The van der Waals surface area contributed by atoms with Crippen molar-refractivity contribution < 1.29 is 39.8 Å². The van der Waals surface area contributed by atoms with Gasteiger partial charge in [0.2, 0.25) is 5.91 Å². The van der Waals surface area contributed by atoms with E-state index >= 15 is 0 Å². The highest BCUT2D eigenvalue weighted by molar-refractivity contribution is 5.76. The van der Waals surface area contributed by atoms with Gasteiger partial charge in [-0.25, -0.2) is 0 Å². The Balaban J connectivity index is 2.08. The molecular formula is C68H131NO8. The molecule has 0 saturated carbocycles. The molecule has 0 spiro atoms. The third-order valence-corrected chi connectivity index (χ3v) is 16.5. The fourth-order valence-electron chi connectivity index (χ4n) is 11.2. The molecule has 0 aromatic carbocycles. The number of ether oxygens (including phenoxy) is 2. The Bertz CT molecular complexity index is 1260. The van der Waals surface area contributed by atoms with E-state index in [1.165, 1.54) is 289 Å². The van der Waals surface area contributed by atoms with Crippen molar-refractivity contribution >= 4 is 5.91 Å². The molecule has 6 N–H and O–H groups in total. The van der Waals surface area contributed by atoms with Gasteiger partial charge in [0.05, 0.1) is 25.4 Å². The number of amides is 1. The van der Waals surface area contributed by atoms with Crippen LogP contribution in [0.2, 0.25) is 0 Å². The number of rotatable bonds is 60. The molecule has 0 aliphatic carbocycles. The average Bonchev–Trinajstić information content (AvgIpc) is 3.43. The second-order valence-electron chi connectivity index (χ2n) is 24.0. The van der Waals surface area contributed by atoms with Gasteiger partial charge >= 0.3 is 0 Å². The minimum absolute atomic E-state index is 0.179. The van der Waals surface area contributed by atoms with Crippen molar-refractivity contribution in [1.82, 2.24) is 5.32 Å². The quantitative estimate of drug-likeness (QED) is 0.0261. The average molecular weight is 1090 g/mol. The van der Waals surface area contributed by atoms with Crippen LogP contribution in [-0.4, -0.2) is 87.5 Å². The van der Waals surface area contributed by atoms with Crippen LogP contribution in [0.1, 0.15) is 348 Å². The summed E-state index contributed by atoms with van der Waals surface area (Å²) in [6.07, 6.45) is 68.7. The van der Waals surface area contributed by atoms with Gasteiger partial charge in [0.1, 0.15) is 24.4 Å². The van der Waals surface area contributed by atoms with Crippen LogP contribution in [0.3, 0.4) is 0 Å². The molecule has 0 radical (unpaired) electrons. The van der Waals surface area contributed by atoms with E-state index in [4.69, 9.17) is 9.47 Å². The van der Waals surface area contributed by atoms with Gasteiger partial charge in [-0.15, -0.1) is 0 Å². The van der Waals surface area contributed by atoms with Crippen LogP contribution in [0, 0.1) is 0 Å². The molecule has 7 unspecified atom stereocenters. The van der Waals surface area contributed by atoms with Gasteiger partial charge < -0.3 is 40.3 Å². The Morgan fingerprint density at radius 2 is 0.740 bits per heavy atom. The molecule has 0 bridgehead atoms. The van der Waals surface area contributed by atoms with Gasteiger partial charge in [-0.3, -0.25) is 4.79 Å². The summed E-state index contributed by atoms with van der Waals surface area (Å²) < 4.78 is 11.3. The maximum absolute atomic E-state index is 13.1. The van der Waals surface area contributed by atoms with Crippen molar-refractivity contribution in [1.29, 1.82) is 0 Å². The van der Waals surface area contributed by atoms with Crippen molar-refractivity contribution in [2.75, 3.05) is 13.2 Å². The standard InChI is InChI=1S/C68H131NO8/c1-3-5-7-9-11-13-15-17-19-21-23-24-25-26-27-28-29-30-31-32-33-34-35-36-37-38-39-40-42-44-46-48-50-52-54-56-58-64(72)69-61(60-76-68-67(75)66(74)65(73)63(59-70)77-68)62(71)57-55-53-51-49-47-45-43-41-22-20-18-16-14-12-10-8-6-4-2/h47,49,55,57,61-63,65-68,70-71,73-75H,3-46,48,50-54,56,58-60H2,1-2H3,(H,69,72)/b49-47+,57-55+. The van der Waals surface area contributed by atoms with Crippen LogP contribution in [0.25, 0.3) is 0 Å². The summed E-state index contributed by atoms with van der Waals surface area (Å²) in [6, 6.07) is -0.819. The summed E-state index contributed by atoms with van der Waals surface area (Å²) in [7, 11) is 0. The van der Waals surface area contributed by atoms with Gasteiger partial charge in [-0.05, 0) is 32.1 Å². The molecule has 1 saturated heterocycles. The van der Waals surface area contributed by atoms with Gasteiger partial charge in [-0.2, -0.15) is 0 Å². The Labute approximate surface area is 477 Å². The molecule has 1 fully saturated rings. The number of carbonyl (C=O) groups excluding carboxylic acids is 1. The number of unbranched alkanes of at least 4 members (excludes halogenated alkanes) is 48. The molecular weight excluding hydrogens is 959 g/mol. The first-order valence-corrected chi connectivity index (χ1v) is 34.1. The SMILES string of the molecule is CCCCCCCCCCCCCC/C=C/CC/C=C/C(O)C(COC1OC(CO)C(O)C(O)C1O)NC(=O)CCCCCCCCCCCCCCCCCCCCCCCCCCCCCCCCCCCCCC. The summed E-state index contributed by atoms with van der Waals surface area (Å²) in [5.41, 5.74) is 0. The summed E-state index contributed by atoms with van der Waals surface area (Å²) in [5.74, 6) is -0.179. The Hall–Kier alpha value is -1.33. The van der Waals surface area contributed by atoms with Crippen LogP contribution < -0.4 is 5.32 Å². The molecule has 1 heterocycles. The van der Waals surface area contributed by atoms with Crippen LogP contribution in [-0.2, 0) is 14.3 Å². The zero-order valence-electron chi connectivity index (χ0n) is 51.0. The Morgan fingerprint density at radius 3 is 1.09 bits per heavy atom. The van der Waals surface area contributed by atoms with E-state index in [0.717, 1.165) is 38.5 Å².